The van der Waals surface area contributed by atoms with E-state index in [1.807, 2.05) is 41.3 Å². The summed E-state index contributed by atoms with van der Waals surface area (Å²) >= 11 is 3.46. The molecule has 2 heterocycles. The van der Waals surface area contributed by atoms with Crippen LogP contribution in [0.1, 0.15) is 15.2 Å². The van der Waals surface area contributed by atoms with Gasteiger partial charge < -0.3 is 14.9 Å². The van der Waals surface area contributed by atoms with E-state index in [2.05, 4.69) is 22.4 Å². The fourth-order valence-electron chi connectivity index (χ4n) is 3.34. The Balaban J connectivity index is 1.41. The lowest BCUT2D eigenvalue weighted by atomic mass is 10.1. The molecule has 1 aliphatic rings. The van der Waals surface area contributed by atoms with Gasteiger partial charge in [-0.15, -0.1) is 23.1 Å². The number of hydrogen-bond donors (Lipinski definition) is 1. The fourth-order valence-corrected chi connectivity index (χ4v) is 5.16. The second-order valence-corrected chi connectivity index (χ2v) is 8.71. The van der Waals surface area contributed by atoms with E-state index >= 15 is 0 Å². The summed E-state index contributed by atoms with van der Waals surface area (Å²) in [6.45, 7) is 2.89. The molecule has 4 nitrogen and oxygen atoms in total. The number of hydrogen-bond acceptors (Lipinski definition) is 5. The van der Waals surface area contributed by atoms with Gasteiger partial charge in [0.25, 0.3) is 5.91 Å². The van der Waals surface area contributed by atoms with Crippen LogP contribution < -0.4 is 4.90 Å². The maximum Gasteiger partial charge on any atom is 0.255 e. The lowest BCUT2D eigenvalue weighted by molar-refractivity contribution is 0.0743. The lowest BCUT2D eigenvalue weighted by Crippen LogP contribution is -2.48. The topological polar surface area (TPSA) is 43.8 Å². The summed E-state index contributed by atoms with van der Waals surface area (Å²) in [4.78, 5) is 19.6. The first-order chi connectivity index (χ1) is 13.7. The molecule has 6 heteroatoms. The smallest absolute Gasteiger partial charge is 0.255 e. The van der Waals surface area contributed by atoms with Crippen molar-refractivity contribution in [3.63, 3.8) is 0 Å². The number of phenols is 1. The van der Waals surface area contributed by atoms with E-state index in [4.69, 9.17) is 0 Å². The molecule has 0 radical (unpaired) electrons. The zero-order chi connectivity index (χ0) is 19.3. The van der Waals surface area contributed by atoms with E-state index in [1.165, 1.54) is 4.88 Å². The second-order valence-electron chi connectivity index (χ2n) is 6.66. The molecule has 1 saturated heterocycles. The third-order valence-corrected chi connectivity index (χ3v) is 7.01. The number of nitrogens with zero attached hydrogens (tertiary/aromatic N) is 2. The first-order valence-electron chi connectivity index (χ1n) is 9.28. The van der Waals surface area contributed by atoms with Crippen molar-refractivity contribution in [3.8, 4) is 5.75 Å². The quantitative estimate of drug-likeness (QED) is 0.619. The first-order valence-corrected chi connectivity index (χ1v) is 11.1. The van der Waals surface area contributed by atoms with Gasteiger partial charge in [-0.1, -0.05) is 24.3 Å². The molecule has 0 atom stereocenters. The molecular formula is C22H22N2O2S2. The summed E-state index contributed by atoms with van der Waals surface area (Å²) in [5, 5.41) is 11.8. The Hall–Kier alpha value is -2.44. The minimum Gasteiger partial charge on any atom is -0.508 e. The maximum atomic E-state index is 13.1. The van der Waals surface area contributed by atoms with Crippen molar-refractivity contribution >= 4 is 34.7 Å². The minimum atomic E-state index is 0.102. The van der Waals surface area contributed by atoms with Crippen molar-refractivity contribution in [2.75, 3.05) is 31.1 Å². The number of anilines is 1. The predicted octanol–water partition coefficient (Wildman–Crippen LogP) is 4.71. The van der Waals surface area contributed by atoms with Crippen molar-refractivity contribution in [1.29, 1.82) is 0 Å². The van der Waals surface area contributed by atoms with Gasteiger partial charge in [-0.2, -0.15) is 0 Å². The van der Waals surface area contributed by atoms with E-state index in [9.17, 15) is 9.90 Å². The summed E-state index contributed by atoms with van der Waals surface area (Å²) in [6.07, 6.45) is 0. The highest BCUT2D eigenvalue weighted by molar-refractivity contribution is 7.98. The maximum absolute atomic E-state index is 13.1. The van der Waals surface area contributed by atoms with Gasteiger partial charge in [0.2, 0.25) is 0 Å². The molecule has 0 spiro atoms. The van der Waals surface area contributed by atoms with Crippen molar-refractivity contribution in [1.82, 2.24) is 4.90 Å². The highest BCUT2D eigenvalue weighted by Crippen LogP contribution is 2.29. The molecule has 1 aliphatic heterocycles. The van der Waals surface area contributed by atoms with E-state index in [0.717, 1.165) is 35.0 Å². The minimum absolute atomic E-state index is 0.102. The van der Waals surface area contributed by atoms with E-state index in [1.54, 1.807) is 35.2 Å². The summed E-state index contributed by atoms with van der Waals surface area (Å²) in [6, 6.07) is 19.4. The molecule has 0 bridgehead atoms. The van der Waals surface area contributed by atoms with Gasteiger partial charge in [-0.25, -0.2) is 0 Å². The van der Waals surface area contributed by atoms with Crippen LogP contribution in [0, 0.1) is 0 Å². The van der Waals surface area contributed by atoms with Gasteiger partial charge in [0.1, 0.15) is 5.75 Å². The number of phenolic OH excluding ortho intramolecular Hbond substituents is 1. The van der Waals surface area contributed by atoms with E-state index < -0.39 is 0 Å². The Morgan fingerprint density at radius 3 is 2.57 bits per heavy atom. The van der Waals surface area contributed by atoms with Crippen LogP contribution in [0.25, 0.3) is 0 Å². The van der Waals surface area contributed by atoms with Crippen molar-refractivity contribution in [2.24, 2.45) is 0 Å². The van der Waals surface area contributed by atoms with Gasteiger partial charge in [0.05, 0.1) is 5.56 Å². The van der Waals surface area contributed by atoms with Crippen LogP contribution >= 0.6 is 23.1 Å². The number of carbonyl (C=O) groups is 1. The number of rotatable bonds is 5. The number of thiophene rings is 1. The number of benzene rings is 2. The second kappa shape index (κ2) is 8.71. The number of carbonyl (C=O) groups excluding carboxylic acids is 1. The van der Waals surface area contributed by atoms with Gasteiger partial charge in [0, 0.05) is 53.5 Å². The number of piperazine rings is 1. The van der Waals surface area contributed by atoms with Crippen molar-refractivity contribution < 1.29 is 9.90 Å². The van der Waals surface area contributed by atoms with Crippen LogP contribution in [0.2, 0.25) is 0 Å². The normalized spacial score (nSPS) is 14.3. The Kier molecular flexibility index (Phi) is 5.88. The molecular weight excluding hydrogens is 388 g/mol. The predicted molar refractivity (Wildman–Crippen MR) is 117 cm³/mol. The molecule has 0 unspecified atom stereocenters. The van der Waals surface area contributed by atoms with Gasteiger partial charge >= 0.3 is 0 Å². The Bertz CT molecular complexity index is 935. The zero-order valence-corrected chi connectivity index (χ0v) is 17.1. The average Bonchev–Trinajstić information content (AvgIpc) is 3.26. The first kappa shape index (κ1) is 18.9. The van der Waals surface area contributed by atoms with Crippen molar-refractivity contribution in [3.05, 3.63) is 76.5 Å². The number of thioether (sulfide) groups is 1. The summed E-state index contributed by atoms with van der Waals surface area (Å²) < 4.78 is 0. The van der Waals surface area contributed by atoms with Crippen LogP contribution in [-0.4, -0.2) is 42.1 Å². The number of amides is 1. The fraction of sp³-hybridized carbons (Fsp3) is 0.227. The third-order valence-electron chi connectivity index (χ3n) is 4.83. The third kappa shape index (κ3) is 4.34. The highest BCUT2D eigenvalue weighted by atomic mass is 32.2. The molecule has 3 aromatic rings. The number of aromatic hydroxyl groups is 1. The Morgan fingerprint density at radius 2 is 1.82 bits per heavy atom. The van der Waals surface area contributed by atoms with Crippen LogP contribution in [0.15, 0.2) is 70.9 Å². The van der Waals surface area contributed by atoms with Gasteiger partial charge in [-0.05, 0) is 35.7 Å². The summed E-state index contributed by atoms with van der Waals surface area (Å²) in [7, 11) is 0. The van der Waals surface area contributed by atoms with Crippen LogP contribution in [0.3, 0.4) is 0 Å². The molecule has 144 valence electrons. The van der Waals surface area contributed by atoms with Crippen LogP contribution in [0.5, 0.6) is 5.75 Å². The van der Waals surface area contributed by atoms with E-state index in [0.29, 0.717) is 13.1 Å². The highest BCUT2D eigenvalue weighted by Gasteiger charge is 2.24. The lowest BCUT2D eigenvalue weighted by Gasteiger charge is -2.36. The summed E-state index contributed by atoms with van der Waals surface area (Å²) in [5.74, 6) is 1.25. The van der Waals surface area contributed by atoms with E-state index in [-0.39, 0.29) is 11.7 Å². The van der Waals surface area contributed by atoms with Crippen LogP contribution in [0.4, 0.5) is 5.69 Å². The molecule has 28 heavy (non-hydrogen) atoms. The van der Waals surface area contributed by atoms with Crippen molar-refractivity contribution in [2.45, 2.75) is 10.6 Å². The molecule has 0 aliphatic carbocycles. The van der Waals surface area contributed by atoms with Gasteiger partial charge in [0.15, 0.2) is 0 Å². The Morgan fingerprint density at radius 1 is 1.00 bits per heavy atom. The molecule has 1 amide bonds. The molecule has 1 N–H and O–H groups in total. The van der Waals surface area contributed by atoms with Crippen LogP contribution in [-0.2, 0) is 5.75 Å². The molecule has 0 saturated carbocycles. The molecule has 4 rings (SSSR count). The molecule has 1 aromatic heterocycles. The standard InChI is InChI=1S/C22H22N2O2S2/c25-18-6-3-5-17(15-18)23-10-12-24(13-11-23)22(26)20-8-1-2-9-21(20)28-16-19-7-4-14-27-19/h1-9,14-15,25H,10-13,16H2. The summed E-state index contributed by atoms with van der Waals surface area (Å²) in [5.41, 5.74) is 1.79. The molecule has 1 fully saturated rings. The SMILES string of the molecule is O=C(c1ccccc1SCc1cccs1)N1CCN(c2cccc(O)c2)CC1. The monoisotopic (exact) mass is 410 g/mol. The largest absolute Gasteiger partial charge is 0.508 e. The zero-order valence-electron chi connectivity index (χ0n) is 15.5. The average molecular weight is 411 g/mol. The van der Waals surface area contributed by atoms with Gasteiger partial charge in [-0.3, -0.25) is 4.79 Å². The Labute approximate surface area is 173 Å². The molecule has 2 aromatic carbocycles.